The summed E-state index contributed by atoms with van der Waals surface area (Å²) in [5.74, 6) is 1.34. The number of aryl methyl sites for hydroxylation is 1. The Morgan fingerprint density at radius 3 is 2.82 bits per heavy atom. The van der Waals surface area contributed by atoms with Crippen molar-refractivity contribution < 1.29 is 14.0 Å². The van der Waals surface area contributed by atoms with E-state index in [2.05, 4.69) is 10.3 Å². The molecule has 1 aliphatic rings. The molecule has 150 valence electrons. The van der Waals surface area contributed by atoms with Crippen LogP contribution < -0.4 is 5.32 Å². The average Bonchev–Trinajstić information content (AvgIpc) is 3.16. The first-order chi connectivity index (χ1) is 13.5. The highest BCUT2D eigenvalue weighted by Gasteiger charge is 2.24. The van der Waals surface area contributed by atoms with E-state index in [0.29, 0.717) is 42.5 Å². The van der Waals surface area contributed by atoms with Crippen LogP contribution in [-0.4, -0.2) is 40.8 Å². The first kappa shape index (κ1) is 20.4. The molecule has 0 radical (unpaired) electrons. The number of piperidine rings is 1. The van der Waals surface area contributed by atoms with Crippen LogP contribution in [0.4, 0.5) is 0 Å². The highest BCUT2D eigenvalue weighted by Crippen LogP contribution is 2.23. The van der Waals surface area contributed by atoms with Crippen LogP contribution >= 0.6 is 11.6 Å². The van der Waals surface area contributed by atoms with E-state index in [-0.39, 0.29) is 17.9 Å². The molecule has 1 aromatic heterocycles. The average molecular weight is 404 g/mol. The van der Waals surface area contributed by atoms with Crippen LogP contribution in [-0.2, 0) is 16.0 Å². The van der Waals surface area contributed by atoms with Crippen molar-refractivity contribution in [2.75, 3.05) is 13.1 Å². The summed E-state index contributed by atoms with van der Waals surface area (Å²) in [6, 6.07) is 7.40. The Bertz CT molecular complexity index is 803. The third-order valence-corrected chi connectivity index (χ3v) is 5.10. The minimum Gasteiger partial charge on any atom is -0.441 e. The monoisotopic (exact) mass is 403 g/mol. The Balaban J connectivity index is 1.50. The van der Waals surface area contributed by atoms with Gasteiger partial charge in [0.15, 0.2) is 11.7 Å². The molecule has 1 fully saturated rings. The molecule has 1 atom stereocenters. The first-order valence-electron chi connectivity index (χ1n) is 9.83. The number of oxazole rings is 1. The first-order valence-corrected chi connectivity index (χ1v) is 10.2. The fraction of sp³-hybridized carbons (Fsp3) is 0.476. The van der Waals surface area contributed by atoms with Crippen LogP contribution in [0.5, 0.6) is 0 Å². The third kappa shape index (κ3) is 5.58. The van der Waals surface area contributed by atoms with Crippen LogP contribution in [0.2, 0.25) is 5.02 Å². The smallest absolute Gasteiger partial charge is 0.223 e. The summed E-state index contributed by atoms with van der Waals surface area (Å²) in [4.78, 5) is 30.5. The highest BCUT2D eigenvalue weighted by atomic mass is 35.5. The molecule has 2 aromatic rings. The van der Waals surface area contributed by atoms with Crippen molar-refractivity contribution in [1.29, 1.82) is 0 Å². The van der Waals surface area contributed by atoms with Crippen molar-refractivity contribution in [3.05, 3.63) is 41.4 Å². The van der Waals surface area contributed by atoms with Gasteiger partial charge in [-0.15, -0.1) is 0 Å². The molecule has 0 spiro atoms. The molecule has 1 aliphatic heterocycles. The van der Waals surface area contributed by atoms with Gasteiger partial charge < -0.3 is 14.6 Å². The lowest BCUT2D eigenvalue weighted by Gasteiger charge is -2.33. The predicted molar refractivity (Wildman–Crippen MR) is 108 cm³/mol. The number of benzene rings is 1. The summed E-state index contributed by atoms with van der Waals surface area (Å²) in [5, 5.41) is 3.70. The van der Waals surface area contributed by atoms with Gasteiger partial charge in [0.25, 0.3) is 0 Å². The van der Waals surface area contributed by atoms with Gasteiger partial charge >= 0.3 is 0 Å². The lowest BCUT2D eigenvalue weighted by atomic mass is 10.0. The third-order valence-electron chi connectivity index (χ3n) is 4.85. The topological polar surface area (TPSA) is 75.4 Å². The minimum absolute atomic E-state index is 0.0509. The highest BCUT2D eigenvalue weighted by molar-refractivity contribution is 6.30. The number of hydrogen-bond acceptors (Lipinski definition) is 4. The number of carbonyl (C=O) groups is 2. The van der Waals surface area contributed by atoms with Crippen LogP contribution in [0.25, 0.3) is 11.3 Å². The number of carbonyl (C=O) groups excluding carboxylic acids is 2. The Kier molecular flexibility index (Phi) is 7.09. The Morgan fingerprint density at radius 1 is 1.29 bits per heavy atom. The molecule has 1 saturated heterocycles. The van der Waals surface area contributed by atoms with Gasteiger partial charge in [0.05, 0.1) is 6.20 Å². The number of amides is 2. The molecule has 1 aromatic carbocycles. The molecule has 7 heteroatoms. The molecule has 1 N–H and O–H groups in total. The molecular formula is C21H26ClN3O3. The lowest BCUT2D eigenvalue weighted by molar-refractivity contribution is -0.133. The van der Waals surface area contributed by atoms with E-state index in [9.17, 15) is 9.59 Å². The summed E-state index contributed by atoms with van der Waals surface area (Å²) in [5.41, 5.74) is 0.899. The van der Waals surface area contributed by atoms with Gasteiger partial charge in [0.2, 0.25) is 11.8 Å². The van der Waals surface area contributed by atoms with E-state index < -0.39 is 0 Å². The maximum Gasteiger partial charge on any atom is 0.223 e. The van der Waals surface area contributed by atoms with E-state index in [0.717, 1.165) is 31.4 Å². The van der Waals surface area contributed by atoms with Gasteiger partial charge in [-0.1, -0.05) is 18.5 Å². The van der Waals surface area contributed by atoms with Crippen LogP contribution in [0.1, 0.15) is 44.9 Å². The molecule has 3 rings (SSSR count). The molecule has 0 aliphatic carbocycles. The maximum atomic E-state index is 12.6. The molecule has 1 unspecified atom stereocenters. The second kappa shape index (κ2) is 9.73. The Morgan fingerprint density at radius 2 is 2.07 bits per heavy atom. The molecule has 0 saturated carbocycles. The van der Waals surface area contributed by atoms with Gasteiger partial charge in [-0.3, -0.25) is 9.59 Å². The van der Waals surface area contributed by atoms with Crippen LogP contribution in [0.3, 0.4) is 0 Å². The zero-order chi connectivity index (χ0) is 19.9. The van der Waals surface area contributed by atoms with Crippen molar-refractivity contribution in [3.8, 4) is 11.3 Å². The van der Waals surface area contributed by atoms with Gasteiger partial charge in [-0.05, 0) is 43.5 Å². The number of aromatic nitrogens is 1. The number of halogens is 1. The summed E-state index contributed by atoms with van der Waals surface area (Å²) >= 11 is 5.90. The van der Waals surface area contributed by atoms with Crippen molar-refractivity contribution in [2.24, 2.45) is 0 Å². The van der Waals surface area contributed by atoms with Gasteiger partial charge in [-0.25, -0.2) is 4.98 Å². The largest absolute Gasteiger partial charge is 0.441 e. The number of nitrogens with zero attached hydrogens (tertiary/aromatic N) is 2. The Labute approximate surface area is 170 Å². The SMILES string of the molecule is CCCC(=O)NC1CCCN(C(=O)CCc2ncc(-c3ccc(Cl)cc3)o2)C1. The Hall–Kier alpha value is -2.34. The van der Waals surface area contributed by atoms with Crippen LogP contribution in [0.15, 0.2) is 34.9 Å². The molecule has 2 amide bonds. The zero-order valence-electron chi connectivity index (χ0n) is 16.1. The van der Waals surface area contributed by atoms with E-state index in [1.165, 1.54) is 0 Å². The van der Waals surface area contributed by atoms with Crippen LogP contribution in [0, 0.1) is 0 Å². The van der Waals surface area contributed by atoms with E-state index in [1.807, 2.05) is 24.0 Å². The van der Waals surface area contributed by atoms with Gasteiger partial charge in [-0.2, -0.15) is 0 Å². The normalized spacial score (nSPS) is 16.8. The molecule has 0 bridgehead atoms. The molecule has 2 heterocycles. The second-order valence-corrected chi connectivity index (χ2v) is 7.56. The van der Waals surface area contributed by atoms with Gasteiger partial charge in [0, 0.05) is 49.0 Å². The van der Waals surface area contributed by atoms with E-state index in [4.69, 9.17) is 16.0 Å². The van der Waals surface area contributed by atoms with Crippen molar-refractivity contribution in [2.45, 2.75) is 51.5 Å². The summed E-state index contributed by atoms with van der Waals surface area (Å²) in [6.45, 7) is 3.30. The standard InChI is InChI=1S/C21H26ClN3O3/c1-2-4-19(26)24-17-5-3-12-25(14-17)21(27)11-10-20-23-13-18(28-20)15-6-8-16(22)9-7-15/h6-9,13,17H,2-5,10-12,14H2,1H3,(H,24,26). The minimum atomic E-state index is 0.0509. The number of likely N-dealkylation sites (tertiary alicyclic amines) is 1. The summed E-state index contributed by atoms with van der Waals surface area (Å²) in [7, 11) is 0. The molecular weight excluding hydrogens is 378 g/mol. The second-order valence-electron chi connectivity index (χ2n) is 7.12. The van der Waals surface area contributed by atoms with Crippen molar-refractivity contribution in [3.63, 3.8) is 0 Å². The number of rotatable bonds is 7. The number of nitrogens with one attached hydrogen (secondary N) is 1. The van der Waals surface area contributed by atoms with Gasteiger partial charge in [0.1, 0.15) is 0 Å². The van der Waals surface area contributed by atoms with Crippen molar-refractivity contribution >= 4 is 23.4 Å². The van der Waals surface area contributed by atoms with E-state index in [1.54, 1.807) is 18.3 Å². The molecule has 28 heavy (non-hydrogen) atoms. The fourth-order valence-electron chi connectivity index (χ4n) is 3.39. The summed E-state index contributed by atoms with van der Waals surface area (Å²) in [6.07, 6.45) is 5.65. The zero-order valence-corrected chi connectivity index (χ0v) is 16.9. The fourth-order valence-corrected chi connectivity index (χ4v) is 3.52. The van der Waals surface area contributed by atoms with E-state index >= 15 is 0 Å². The quantitative estimate of drug-likeness (QED) is 0.762. The maximum absolute atomic E-state index is 12.6. The van der Waals surface area contributed by atoms with Crippen molar-refractivity contribution in [1.82, 2.24) is 15.2 Å². The number of hydrogen-bond donors (Lipinski definition) is 1. The predicted octanol–water partition coefficient (Wildman–Crippen LogP) is 3.83. The molecule has 6 nitrogen and oxygen atoms in total. The summed E-state index contributed by atoms with van der Waals surface area (Å²) < 4.78 is 5.77. The lowest BCUT2D eigenvalue weighted by Crippen LogP contribution is -2.49.